The molecular formula is C11H10ClFN2O. The molecule has 0 saturated carbocycles. The fourth-order valence-corrected chi connectivity index (χ4v) is 1.12. The Morgan fingerprint density at radius 1 is 1.69 bits per heavy atom. The van der Waals surface area contributed by atoms with Gasteiger partial charge in [-0.15, -0.1) is 0 Å². The first-order valence-corrected chi connectivity index (χ1v) is 5.01. The summed E-state index contributed by atoms with van der Waals surface area (Å²) in [7, 11) is 0. The summed E-state index contributed by atoms with van der Waals surface area (Å²) in [6, 6.07) is 1.41. The van der Waals surface area contributed by atoms with Gasteiger partial charge >= 0.3 is 0 Å². The summed E-state index contributed by atoms with van der Waals surface area (Å²) >= 11 is 5.53. The number of rotatable bonds is 2. The van der Waals surface area contributed by atoms with Crippen molar-refractivity contribution in [2.24, 2.45) is 0 Å². The molecule has 1 aromatic heterocycles. The van der Waals surface area contributed by atoms with Gasteiger partial charge < -0.3 is 5.32 Å². The Bertz CT molecular complexity index is 451. The Hall–Kier alpha value is -1.60. The standard InChI is InChI=1S/C11H10ClFN2O/c1-8(16)14-5-3-2-4-9-6-10(12)11(13)15-7-9/h6-7H,3,5H2,1H3,(H,14,16). The zero-order valence-corrected chi connectivity index (χ0v) is 9.44. The van der Waals surface area contributed by atoms with Gasteiger partial charge in [0.25, 0.3) is 0 Å². The van der Waals surface area contributed by atoms with Crippen molar-refractivity contribution >= 4 is 17.5 Å². The second kappa shape index (κ2) is 6.09. The highest BCUT2D eigenvalue weighted by Crippen LogP contribution is 2.12. The zero-order chi connectivity index (χ0) is 12.0. The summed E-state index contributed by atoms with van der Waals surface area (Å²) in [5, 5.41) is 2.56. The van der Waals surface area contributed by atoms with Gasteiger partial charge in [-0.25, -0.2) is 4.98 Å². The molecule has 0 atom stereocenters. The third-order valence-corrected chi connectivity index (χ3v) is 1.92. The van der Waals surface area contributed by atoms with Gasteiger partial charge in [0.05, 0.1) is 5.02 Å². The molecule has 1 N–H and O–H groups in total. The molecule has 16 heavy (non-hydrogen) atoms. The summed E-state index contributed by atoms with van der Waals surface area (Å²) in [6.07, 6.45) is 1.83. The van der Waals surface area contributed by atoms with E-state index in [1.807, 2.05) is 0 Å². The van der Waals surface area contributed by atoms with Crippen LogP contribution in [0.2, 0.25) is 5.02 Å². The van der Waals surface area contributed by atoms with E-state index >= 15 is 0 Å². The van der Waals surface area contributed by atoms with Crippen molar-refractivity contribution in [3.8, 4) is 11.8 Å². The predicted molar refractivity (Wildman–Crippen MR) is 59.4 cm³/mol. The van der Waals surface area contributed by atoms with Crippen LogP contribution in [0.25, 0.3) is 0 Å². The molecule has 0 saturated heterocycles. The summed E-state index contributed by atoms with van der Waals surface area (Å²) in [4.78, 5) is 14.0. The minimum absolute atomic E-state index is 0.0475. The Balaban J connectivity index is 2.50. The predicted octanol–water partition coefficient (Wildman–Crippen LogP) is 1.75. The Kier molecular flexibility index (Phi) is 4.74. The van der Waals surface area contributed by atoms with Crippen molar-refractivity contribution in [2.75, 3.05) is 6.54 Å². The zero-order valence-electron chi connectivity index (χ0n) is 8.68. The van der Waals surface area contributed by atoms with Crippen molar-refractivity contribution in [1.29, 1.82) is 0 Å². The number of hydrogen-bond donors (Lipinski definition) is 1. The lowest BCUT2D eigenvalue weighted by Crippen LogP contribution is -2.20. The van der Waals surface area contributed by atoms with Crippen LogP contribution in [0.4, 0.5) is 4.39 Å². The molecule has 0 bridgehead atoms. The van der Waals surface area contributed by atoms with E-state index in [0.29, 0.717) is 18.5 Å². The molecule has 0 spiro atoms. The lowest BCUT2D eigenvalue weighted by Gasteiger charge is -1.95. The molecule has 1 aromatic rings. The molecular weight excluding hydrogens is 231 g/mol. The van der Waals surface area contributed by atoms with E-state index < -0.39 is 5.95 Å². The summed E-state index contributed by atoms with van der Waals surface area (Å²) in [6.45, 7) is 1.93. The maximum atomic E-state index is 12.7. The summed E-state index contributed by atoms with van der Waals surface area (Å²) in [5.74, 6) is 4.80. The molecule has 1 rings (SSSR count). The summed E-state index contributed by atoms with van der Waals surface area (Å²) in [5.41, 5.74) is 0.550. The van der Waals surface area contributed by atoms with Crippen LogP contribution in [0.15, 0.2) is 12.3 Å². The third kappa shape index (κ3) is 4.28. The van der Waals surface area contributed by atoms with Gasteiger partial charge in [-0.05, 0) is 6.07 Å². The Morgan fingerprint density at radius 3 is 3.06 bits per heavy atom. The van der Waals surface area contributed by atoms with Crippen LogP contribution in [-0.2, 0) is 4.79 Å². The van der Waals surface area contributed by atoms with Crippen LogP contribution < -0.4 is 5.32 Å². The molecule has 0 aliphatic rings. The van der Waals surface area contributed by atoms with Gasteiger partial charge in [0.2, 0.25) is 11.9 Å². The van der Waals surface area contributed by atoms with E-state index in [0.717, 1.165) is 0 Å². The van der Waals surface area contributed by atoms with Gasteiger partial charge in [-0.1, -0.05) is 23.4 Å². The van der Waals surface area contributed by atoms with Crippen molar-refractivity contribution in [2.45, 2.75) is 13.3 Å². The van der Waals surface area contributed by atoms with Crippen LogP contribution in [0.1, 0.15) is 18.9 Å². The number of aromatic nitrogens is 1. The average molecular weight is 241 g/mol. The van der Waals surface area contributed by atoms with E-state index in [1.165, 1.54) is 19.2 Å². The van der Waals surface area contributed by atoms with E-state index in [9.17, 15) is 9.18 Å². The van der Waals surface area contributed by atoms with Gasteiger partial charge in [-0.3, -0.25) is 4.79 Å². The minimum Gasteiger partial charge on any atom is -0.355 e. The molecule has 0 aromatic carbocycles. The third-order valence-electron chi connectivity index (χ3n) is 1.65. The Morgan fingerprint density at radius 2 is 2.44 bits per heavy atom. The largest absolute Gasteiger partial charge is 0.355 e. The molecule has 3 nitrogen and oxygen atoms in total. The monoisotopic (exact) mass is 240 g/mol. The number of carbonyl (C=O) groups is 1. The fraction of sp³-hybridized carbons (Fsp3) is 0.273. The number of hydrogen-bond acceptors (Lipinski definition) is 2. The van der Waals surface area contributed by atoms with E-state index in [2.05, 4.69) is 22.1 Å². The second-order valence-electron chi connectivity index (χ2n) is 3.03. The molecule has 0 radical (unpaired) electrons. The Labute approximate surface area is 98.0 Å². The molecule has 1 amide bonds. The minimum atomic E-state index is -0.703. The van der Waals surface area contributed by atoms with Gasteiger partial charge in [0.15, 0.2) is 0 Å². The molecule has 84 valence electrons. The van der Waals surface area contributed by atoms with Crippen LogP contribution in [0, 0.1) is 17.8 Å². The first kappa shape index (κ1) is 12.5. The van der Waals surface area contributed by atoms with Crippen LogP contribution in [0.5, 0.6) is 0 Å². The number of carbonyl (C=O) groups excluding carboxylic acids is 1. The van der Waals surface area contributed by atoms with Crippen LogP contribution in [-0.4, -0.2) is 17.4 Å². The average Bonchev–Trinajstić information content (AvgIpc) is 2.22. The smallest absolute Gasteiger partial charge is 0.231 e. The van der Waals surface area contributed by atoms with Gasteiger partial charge in [0.1, 0.15) is 0 Å². The van der Waals surface area contributed by atoms with Crippen molar-refractivity contribution in [3.05, 3.63) is 28.8 Å². The lowest BCUT2D eigenvalue weighted by molar-refractivity contribution is -0.118. The van der Waals surface area contributed by atoms with Crippen molar-refractivity contribution in [1.82, 2.24) is 10.3 Å². The second-order valence-corrected chi connectivity index (χ2v) is 3.44. The highest BCUT2D eigenvalue weighted by molar-refractivity contribution is 6.30. The summed E-state index contributed by atoms with van der Waals surface area (Å²) < 4.78 is 12.7. The maximum Gasteiger partial charge on any atom is 0.231 e. The highest BCUT2D eigenvalue weighted by atomic mass is 35.5. The van der Waals surface area contributed by atoms with Crippen LogP contribution in [0.3, 0.4) is 0 Å². The number of pyridine rings is 1. The molecule has 5 heteroatoms. The van der Waals surface area contributed by atoms with Crippen LogP contribution >= 0.6 is 11.6 Å². The SMILES string of the molecule is CC(=O)NCCC#Cc1cnc(F)c(Cl)c1. The highest BCUT2D eigenvalue weighted by Gasteiger charge is 1.99. The number of nitrogens with zero attached hydrogens (tertiary/aromatic N) is 1. The molecule has 0 aliphatic carbocycles. The van der Waals surface area contributed by atoms with E-state index in [-0.39, 0.29) is 10.9 Å². The number of halogens is 2. The quantitative estimate of drug-likeness (QED) is 0.486. The lowest BCUT2D eigenvalue weighted by atomic mass is 10.3. The normalized spacial score (nSPS) is 9.19. The topological polar surface area (TPSA) is 42.0 Å². The van der Waals surface area contributed by atoms with E-state index in [1.54, 1.807) is 0 Å². The molecule has 0 fully saturated rings. The maximum absolute atomic E-state index is 12.7. The first-order chi connectivity index (χ1) is 7.59. The molecule has 1 heterocycles. The molecule has 0 aliphatic heterocycles. The van der Waals surface area contributed by atoms with Crippen molar-refractivity contribution in [3.63, 3.8) is 0 Å². The van der Waals surface area contributed by atoms with Gasteiger partial charge in [-0.2, -0.15) is 4.39 Å². The number of amides is 1. The van der Waals surface area contributed by atoms with Gasteiger partial charge in [0, 0.05) is 31.6 Å². The van der Waals surface area contributed by atoms with E-state index in [4.69, 9.17) is 11.6 Å². The first-order valence-electron chi connectivity index (χ1n) is 4.64. The number of nitrogens with one attached hydrogen (secondary N) is 1. The molecule has 0 unspecified atom stereocenters. The fourth-order valence-electron chi connectivity index (χ4n) is 0.955. The van der Waals surface area contributed by atoms with Crippen molar-refractivity contribution < 1.29 is 9.18 Å².